The molecule has 9 nitrogen and oxygen atoms in total. The van der Waals surface area contributed by atoms with Crippen LogP contribution in [-0.4, -0.2) is 61.7 Å². The van der Waals surface area contributed by atoms with Crippen LogP contribution in [-0.2, 0) is 39.4 Å². The molecule has 0 unspecified atom stereocenters. The molecule has 4 heterocycles. The van der Waals surface area contributed by atoms with Crippen LogP contribution >= 0.6 is 0 Å². The lowest BCUT2D eigenvalue weighted by Gasteiger charge is -2.39. The van der Waals surface area contributed by atoms with E-state index in [1.54, 1.807) is 12.0 Å². The van der Waals surface area contributed by atoms with Gasteiger partial charge in [-0.3, -0.25) is 19.3 Å². The smallest absolute Gasteiger partial charge is 0.264 e. The Morgan fingerprint density at radius 1 is 0.836 bits per heavy atom. The van der Waals surface area contributed by atoms with Gasteiger partial charge in [-0.05, 0) is 76.5 Å². The van der Waals surface area contributed by atoms with E-state index in [-0.39, 0.29) is 48.3 Å². The topological polar surface area (TPSA) is 99.6 Å². The predicted molar refractivity (Wildman–Crippen MR) is 240 cm³/mol. The van der Waals surface area contributed by atoms with Gasteiger partial charge in [0.2, 0.25) is 5.91 Å². The summed E-state index contributed by atoms with van der Waals surface area (Å²) in [4.78, 5) is 49.2. The van der Waals surface area contributed by atoms with Crippen LogP contribution in [0.1, 0.15) is 46.0 Å². The first kappa shape index (κ1) is 39.1. The van der Waals surface area contributed by atoms with Gasteiger partial charge in [0.05, 0.1) is 63.8 Å². The van der Waals surface area contributed by atoms with Gasteiger partial charge in [-0.2, -0.15) is 0 Å². The molecule has 4 aliphatic rings. The molecular weight excluding hydrogens is 779 g/mol. The zero-order valence-corrected chi connectivity index (χ0v) is 35.9. The van der Waals surface area contributed by atoms with Gasteiger partial charge in [-0.25, -0.2) is 0 Å². The summed E-state index contributed by atoms with van der Waals surface area (Å²) >= 11 is 0. The Labute approximate surface area is 357 Å². The number of hydrogen-bond acceptors (Lipinski definition) is 6. The Hall–Kier alpha value is -6.07. The van der Waals surface area contributed by atoms with Gasteiger partial charge in [0.1, 0.15) is 5.75 Å². The number of aliphatic hydroxyl groups is 1. The van der Waals surface area contributed by atoms with Gasteiger partial charge in [-0.15, -0.1) is 0 Å². The van der Waals surface area contributed by atoms with Crippen LogP contribution in [0, 0.1) is 5.92 Å². The van der Waals surface area contributed by atoms with Crippen LogP contribution in [0.2, 0.25) is 18.6 Å². The second-order valence-corrected chi connectivity index (χ2v) is 22.3. The minimum atomic E-state index is -2.52. The third kappa shape index (κ3) is 6.06. The van der Waals surface area contributed by atoms with Crippen molar-refractivity contribution in [2.45, 2.75) is 69.2 Å². The number of fused-ring (bicyclic) bond motifs is 3. The zero-order valence-electron chi connectivity index (χ0n) is 34.9. The van der Waals surface area contributed by atoms with E-state index in [1.165, 1.54) is 5.19 Å². The number of ether oxygens (including phenoxy) is 2. The Bertz CT molecular complexity index is 2710. The fraction of sp³-hybridized carbons (Fsp3) is 0.275. The van der Waals surface area contributed by atoms with E-state index in [0.29, 0.717) is 25.1 Å². The summed E-state index contributed by atoms with van der Waals surface area (Å²) in [5.74, 6) is 0.209. The lowest BCUT2D eigenvalue weighted by molar-refractivity contribution is -0.151. The summed E-state index contributed by atoms with van der Waals surface area (Å²) in [6.07, 6.45) is 0.108. The van der Waals surface area contributed by atoms with Crippen LogP contribution < -0.4 is 19.7 Å². The molecular formula is C51H49N3O6Si. The number of nitrogens with zero attached hydrogens (tertiary/aromatic N) is 3. The van der Waals surface area contributed by atoms with E-state index in [1.807, 2.05) is 119 Å². The molecule has 0 saturated carbocycles. The number of carbonyl (C=O) groups is 3. The Balaban J connectivity index is 0.983. The summed E-state index contributed by atoms with van der Waals surface area (Å²) in [5.41, 5.74) is 5.63. The standard InChI is InChI=1S/C51H49N3O6Si/c1-32-48(61(3,4)40-25-23-39(59-2)24-26-40)45(28-46(56)52-30-36-12-6-5-11-35(36)27-38(52)31-55)60-51(32)42-16-7-8-17-43(42)53(50(51)58)29-33-19-21-37(22-20-33)54-44-18-10-14-34-13-9-15-41(47(34)44)49(54)57/h5-26,32,38,45,48,55H,27-31H2,1-4H3/t32-,38-,45+,48-,51+/m0/s1. The van der Waals surface area contributed by atoms with Gasteiger partial charge >= 0.3 is 0 Å². The first-order valence-corrected chi connectivity index (χ1v) is 24.3. The molecule has 1 fully saturated rings. The van der Waals surface area contributed by atoms with E-state index in [4.69, 9.17) is 9.47 Å². The molecule has 3 amide bonds. The Kier molecular flexibility index (Phi) is 9.50. The first-order chi connectivity index (χ1) is 29.5. The molecule has 5 atom stereocenters. The molecule has 10 rings (SSSR count). The normalized spacial score (nSPS) is 22.9. The highest BCUT2D eigenvalue weighted by Gasteiger charge is 2.66. The van der Waals surface area contributed by atoms with Crippen molar-refractivity contribution in [3.63, 3.8) is 0 Å². The largest absolute Gasteiger partial charge is 0.497 e. The predicted octanol–water partition coefficient (Wildman–Crippen LogP) is 8.24. The molecule has 308 valence electrons. The molecule has 0 aromatic heterocycles. The Morgan fingerprint density at radius 3 is 2.26 bits per heavy atom. The van der Waals surface area contributed by atoms with E-state index in [2.05, 4.69) is 44.3 Å². The molecule has 61 heavy (non-hydrogen) atoms. The van der Waals surface area contributed by atoms with Crippen molar-refractivity contribution in [1.29, 1.82) is 0 Å². The van der Waals surface area contributed by atoms with Gasteiger partial charge < -0.3 is 24.4 Å². The number of rotatable bonds is 9. The number of methoxy groups -OCH3 is 1. The average Bonchev–Trinajstić information content (AvgIpc) is 3.84. The average molecular weight is 828 g/mol. The zero-order chi connectivity index (χ0) is 42.2. The van der Waals surface area contributed by atoms with Crippen LogP contribution in [0.4, 0.5) is 17.1 Å². The highest BCUT2D eigenvalue weighted by atomic mass is 28.3. The van der Waals surface area contributed by atoms with Gasteiger partial charge in [-0.1, -0.05) is 116 Å². The number of hydrogen-bond donors (Lipinski definition) is 1. The molecule has 0 bridgehead atoms. The number of amides is 3. The molecule has 0 aliphatic carbocycles. The van der Waals surface area contributed by atoms with Gasteiger partial charge in [0.25, 0.3) is 11.8 Å². The summed E-state index contributed by atoms with van der Waals surface area (Å²) in [7, 11) is -0.859. The third-order valence-electron chi connectivity index (χ3n) is 14.1. The third-order valence-corrected chi connectivity index (χ3v) is 18.5. The molecule has 0 radical (unpaired) electrons. The number of para-hydroxylation sites is 1. The molecule has 1 spiro atoms. The summed E-state index contributed by atoms with van der Waals surface area (Å²) in [6, 6.07) is 43.6. The monoisotopic (exact) mass is 827 g/mol. The van der Waals surface area contributed by atoms with E-state index >= 15 is 4.79 Å². The molecule has 4 aliphatic heterocycles. The molecule has 6 aromatic rings. The summed E-state index contributed by atoms with van der Waals surface area (Å²) < 4.78 is 12.8. The van der Waals surface area contributed by atoms with Crippen molar-refractivity contribution in [2.75, 3.05) is 23.5 Å². The number of benzene rings is 6. The van der Waals surface area contributed by atoms with Crippen LogP contribution in [0.5, 0.6) is 5.75 Å². The maximum atomic E-state index is 15.4. The lowest BCUT2D eigenvalue weighted by Crippen LogP contribution is -2.52. The van der Waals surface area contributed by atoms with E-state index in [9.17, 15) is 14.7 Å². The van der Waals surface area contributed by atoms with Gasteiger partial charge in [0.15, 0.2) is 5.60 Å². The summed E-state index contributed by atoms with van der Waals surface area (Å²) in [5, 5.41) is 13.7. The number of anilines is 3. The van der Waals surface area contributed by atoms with Crippen LogP contribution in [0.15, 0.2) is 133 Å². The van der Waals surface area contributed by atoms with Crippen molar-refractivity contribution in [3.05, 3.63) is 161 Å². The second kappa shape index (κ2) is 14.8. The maximum absolute atomic E-state index is 15.4. The van der Waals surface area contributed by atoms with Crippen molar-refractivity contribution < 1.29 is 29.0 Å². The fourth-order valence-electron chi connectivity index (χ4n) is 11.1. The van der Waals surface area contributed by atoms with E-state index < -0.39 is 19.8 Å². The highest BCUT2D eigenvalue weighted by Crippen LogP contribution is 2.60. The number of carbonyl (C=O) groups excluding carboxylic acids is 3. The Morgan fingerprint density at radius 2 is 1.52 bits per heavy atom. The van der Waals surface area contributed by atoms with Crippen molar-refractivity contribution >= 4 is 58.8 Å². The van der Waals surface area contributed by atoms with Crippen molar-refractivity contribution in [2.24, 2.45) is 5.92 Å². The second-order valence-electron chi connectivity index (χ2n) is 17.6. The minimum absolute atomic E-state index is 0.0572. The van der Waals surface area contributed by atoms with Crippen LogP contribution in [0.25, 0.3) is 10.8 Å². The molecule has 1 saturated heterocycles. The van der Waals surface area contributed by atoms with Gasteiger partial charge in [0, 0.05) is 29.1 Å². The molecule has 6 aromatic carbocycles. The SMILES string of the molecule is COc1ccc([Si](C)(C)[C@@H]2[C@@H](CC(=O)N3Cc4ccccc4C[C@H]3CO)O[C@]3(C(=O)N(Cc4ccc(N5C(=O)c6cccc7cccc5c67)cc4)c4ccccc43)[C@H]2C)cc1. The van der Waals surface area contributed by atoms with Crippen molar-refractivity contribution in [3.8, 4) is 5.75 Å². The highest BCUT2D eigenvalue weighted by molar-refractivity contribution is 6.91. The quantitative estimate of drug-likeness (QED) is 0.148. The fourth-order valence-corrected chi connectivity index (χ4v) is 15.1. The maximum Gasteiger partial charge on any atom is 0.264 e. The molecule has 1 N–H and O–H groups in total. The van der Waals surface area contributed by atoms with Crippen molar-refractivity contribution in [1.82, 2.24) is 4.90 Å². The minimum Gasteiger partial charge on any atom is -0.497 e. The van der Waals surface area contributed by atoms with E-state index in [0.717, 1.165) is 55.8 Å². The first-order valence-electron chi connectivity index (χ1n) is 21.2. The number of aliphatic hydroxyl groups excluding tert-OH is 1. The lowest BCUT2D eigenvalue weighted by atomic mass is 9.82. The molecule has 10 heteroatoms. The summed E-state index contributed by atoms with van der Waals surface area (Å²) in [6.45, 7) is 7.36. The van der Waals surface area contributed by atoms with Crippen LogP contribution in [0.3, 0.4) is 0 Å².